The summed E-state index contributed by atoms with van der Waals surface area (Å²) in [6, 6.07) is 7.99. The molecule has 16 heavy (non-hydrogen) atoms. The van der Waals surface area contributed by atoms with Gasteiger partial charge in [-0.05, 0) is 12.1 Å². The van der Waals surface area contributed by atoms with Gasteiger partial charge in [-0.15, -0.1) is 0 Å². The van der Waals surface area contributed by atoms with Gasteiger partial charge in [0.2, 0.25) is 0 Å². The first-order valence-corrected chi connectivity index (χ1v) is 4.60. The molecule has 1 heterocycles. The molecule has 2 aromatic rings. The van der Waals surface area contributed by atoms with E-state index in [9.17, 15) is 14.9 Å². The third kappa shape index (κ3) is 1.70. The van der Waals surface area contributed by atoms with Gasteiger partial charge in [0.05, 0.1) is 16.2 Å². The molecular formula is C11H8N2O3. The molecule has 80 valence electrons. The lowest BCUT2D eigenvalue weighted by molar-refractivity contribution is -0.384. The Morgan fingerprint density at radius 3 is 2.69 bits per heavy atom. The number of hydrogen-bond acceptors (Lipinski definition) is 3. The van der Waals surface area contributed by atoms with Gasteiger partial charge in [-0.25, -0.2) is 0 Å². The fourth-order valence-corrected chi connectivity index (χ4v) is 1.51. The number of carbonyl (C=O) groups excluding carboxylic acids is 1. The summed E-state index contributed by atoms with van der Waals surface area (Å²) in [5.41, 5.74) is 1.55. The van der Waals surface area contributed by atoms with E-state index in [0.717, 1.165) is 0 Å². The molecule has 0 saturated carbocycles. The van der Waals surface area contributed by atoms with Crippen molar-refractivity contribution in [1.82, 2.24) is 4.98 Å². The Balaban J connectivity index is 2.54. The van der Waals surface area contributed by atoms with Crippen molar-refractivity contribution in [3.63, 3.8) is 0 Å². The number of nitrogens with one attached hydrogen (secondary N) is 1. The standard InChI is InChI=1S/C11H8N2O3/c14-7-9-5-8(6-12-9)10-3-1-2-4-11(10)13(15)16/h1-7,12H. The predicted molar refractivity (Wildman–Crippen MR) is 58.3 cm³/mol. The minimum Gasteiger partial charge on any atom is -0.358 e. The Morgan fingerprint density at radius 1 is 1.31 bits per heavy atom. The van der Waals surface area contributed by atoms with Crippen LogP contribution in [-0.4, -0.2) is 16.2 Å². The summed E-state index contributed by atoms with van der Waals surface area (Å²) in [5, 5.41) is 10.8. The number of aromatic nitrogens is 1. The molecule has 0 amide bonds. The Morgan fingerprint density at radius 2 is 2.06 bits per heavy atom. The molecule has 0 bridgehead atoms. The van der Waals surface area contributed by atoms with Gasteiger partial charge in [-0.1, -0.05) is 12.1 Å². The highest BCUT2D eigenvalue weighted by atomic mass is 16.6. The molecule has 1 aromatic carbocycles. The lowest BCUT2D eigenvalue weighted by atomic mass is 10.1. The zero-order valence-electron chi connectivity index (χ0n) is 8.21. The molecule has 0 spiro atoms. The van der Waals surface area contributed by atoms with Crippen LogP contribution in [0.4, 0.5) is 5.69 Å². The van der Waals surface area contributed by atoms with Gasteiger partial charge in [-0.2, -0.15) is 0 Å². The molecule has 0 fully saturated rings. The number of para-hydroxylation sites is 1. The second-order valence-electron chi connectivity index (χ2n) is 3.24. The Kier molecular flexibility index (Phi) is 2.51. The van der Waals surface area contributed by atoms with Crippen LogP contribution in [-0.2, 0) is 0 Å². The highest BCUT2D eigenvalue weighted by molar-refractivity contribution is 5.80. The van der Waals surface area contributed by atoms with Gasteiger partial charge < -0.3 is 4.98 Å². The van der Waals surface area contributed by atoms with Crippen molar-refractivity contribution in [2.75, 3.05) is 0 Å². The van der Waals surface area contributed by atoms with Crippen molar-refractivity contribution >= 4 is 12.0 Å². The molecule has 0 aliphatic heterocycles. The quantitative estimate of drug-likeness (QED) is 0.486. The summed E-state index contributed by atoms with van der Waals surface area (Å²) < 4.78 is 0. The normalized spacial score (nSPS) is 10.0. The smallest absolute Gasteiger partial charge is 0.277 e. The fourth-order valence-electron chi connectivity index (χ4n) is 1.51. The number of carbonyl (C=O) groups is 1. The van der Waals surface area contributed by atoms with E-state index in [1.165, 1.54) is 6.07 Å². The molecule has 0 aliphatic rings. The van der Waals surface area contributed by atoms with Crippen molar-refractivity contribution in [3.8, 4) is 11.1 Å². The average molecular weight is 216 g/mol. The van der Waals surface area contributed by atoms with Gasteiger partial charge in [0, 0.05) is 17.8 Å². The van der Waals surface area contributed by atoms with Crippen LogP contribution < -0.4 is 0 Å². The SMILES string of the molecule is O=Cc1cc(-c2ccccc2[N+](=O)[O-])c[nH]1. The van der Waals surface area contributed by atoms with Crippen LogP contribution in [0.3, 0.4) is 0 Å². The highest BCUT2D eigenvalue weighted by Gasteiger charge is 2.14. The van der Waals surface area contributed by atoms with E-state index in [-0.39, 0.29) is 5.69 Å². The van der Waals surface area contributed by atoms with Gasteiger partial charge in [0.25, 0.3) is 5.69 Å². The van der Waals surface area contributed by atoms with E-state index in [1.807, 2.05) is 0 Å². The third-order valence-corrected chi connectivity index (χ3v) is 2.24. The summed E-state index contributed by atoms with van der Waals surface area (Å²) in [6.07, 6.45) is 2.24. The zero-order chi connectivity index (χ0) is 11.5. The van der Waals surface area contributed by atoms with E-state index in [1.54, 1.807) is 30.5 Å². The molecule has 2 rings (SSSR count). The first kappa shape index (κ1) is 10.1. The second-order valence-corrected chi connectivity index (χ2v) is 3.24. The minimum absolute atomic E-state index is 0.0268. The maximum absolute atomic E-state index is 10.8. The molecular weight excluding hydrogens is 208 g/mol. The lowest BCUT2D eigenvalue weighted by Crippen LogP contribution is -1.90. The topological polar surface area (TPSA) is 76.0 Å². The minimum atomic E-state index is -0.442. The van der Waals surface area contributed by atoms with Crippen LogP contribution in [0.2, 0.25) is 0 Å². The van der Waals surface area contributed by atoms with Crippen molar-refractivity contribution in [2.45, 2.75) is 0 Å². The van der Waals surface area contributed by atoms with E-state index in [4.69, 9.17) is 0 Å². The van der Waals surface area contributed by atoms with Crippen LogP contribution >= 0.6 is 0 Å². The van der Waals surface area contributed by atoms with Crippen LogP contribution in [0, 0.1) is 10.1 Å². The summed E-state index contributed by atoms with van der Waals surface area (Å²) >= 11 is 0. The largest absolute Gasteiger partial charge is 0.358 e. The number of aromatic amines is 1. The number of nitro groups is 1. The summed E-state index contributed by atoms with van der Waals surface area (Å²) in [4.78, 5) is 23.6. The van der Waals surface area contributed by atoms with Crippen LogP contribution in [0.5, 0.6) is 0 Å². The Labute approximate surface area is 90.9 Å². The Bertz CT molecular complexity index is 546. The summed E-state index contributed by atoms with van der Waals surface area (Å²) in [7, 11) is 0. The van der Waals surface area contributed by atoms with Gasteiger partial charge in [0.15, 0.2) is 6.29 Å². The van der Waals surface area contributed by atoms with Gasteiger partial charge in [-0.3, -0.25) is 14.9 Å². The first-order valence-electron chi connectivity index (χ1n) is 4.60. The molecule has 0 unspecified atom stereocenters. The molecule has 0 radical (unpaired) electrons. The third-order valence-electron chi connectivity index (χ3n) is 2.24. The fraction of sp³-hybridized carbons (Fsp3) is 0. The maximum Gasteiger partial charge on any atom is 0.277 e. The number of aldehydes is 1. The molecule has 5 nitrogen and oxygen atoms in total. The second kappa shape index (κ2) is 3.98. The van der Waals surface area contributed by atoms with E-state index in [2.05, 4.69) is 4.98 Å². The van der Waals surface area contributed by atoms with Gasteiger partial charge in [0.1, 0.15) is 0 Å². The predicted octanol–water partition coefficient (Wildman–Crippen LogP) is 2.40. The van der Waals surface area contributed by atoms with Crippen molar-refractivity contribution in [3.05, 3.63) is 52.3 Å². The number of H-pyrrole nitrogens is 1. The summed E-state index contributed by atoms with van der Waals surface area (Å²) in [6.45, 7) is 0. The number of benzene rings is 1. The van der Waals surface area contributed by atoms with Crippen molar-refractivity contribution < 1.29 is 9.72 Å². The lowest BCUT2D eigenvalue weighted by Gasteiger charge is -1.98. The number of nitrogens with zero attached hydrogens (tertiary/aromatic N) is 1. The maximum atomic E-state index is 10.8. The summed E-state index contributed by atoms with van der Waals surface area (Å²) in [5.74, 6) is 0. The van der Waals surface area contributed by atoms with Crippen LogP contribution in [0.1, 0.15) is 10.5 Å². The van der Waals surface area contributed by atoms with Gasteiger partial charge >= 0.3 is 0 Å². The van der Waals surface area contributed by atoms with Crippen molar-refractivity contribution in [2.24, 2.45) is 0 Å². The number of hydrogen-bond donors (Lipinski definition) is 1. The van der Waals surface area contributed by atoms with Crippen molar-refractivity contribution in [1.29, 1.82) is 0 Å². The number of rotatable bonds is 3. The monoisotopic (exact) mass is 216 g/mol. The van der Waals surface area contributed by atoms with Crippen LogP contribution in [0.15, 0.2) is 36.5 Å². The Hall–Kier alpha value is -2.43. The van der Waals surface area contributed by atoms with Crippen LogP contribution in [0.25, 0.3) is 11.1 Å². The molecule has 0 aliphatic carbocycles. The number of nitro benzene ring substituents is 1. The first-order chi connectivity index (χ1) is 7.72. The highest BCUT2D eigenvalue weighted by Crippen LogP contribution is 2.29. The van der Waals surface area contributed by atoms with E-state index < -0.39 is 4.92 Å². The molecule has 0 atom stereocenters. The molecule has 0 saturated heterocycles. The average Bonchev–Trinajstić information content (AvgIpc) is 2.77. The van der Waals surface area contributed by atoms with E-state index in [0.29, 0.717) is 23.1 Å². The molecule has 5 heteroatoms. The van der Waals surface area contributed by atoms with E-state index >= 15 is 0 Å². The molecule has 1 aromatic heterocycles. The molecule has 1 N–H and O–H groups in total. The zero-order valence-corrected chi connectivity index (χ0v) is 8.21.